The van der Waals surface area contributed by atoms with Gasteiger partial charge in [0.05, 0.1) is 23.5 Å². The fourth-order valence-electron chi connectivity index (χ4n) is 2.36. The molecule has 0 aliphatic carbocycles. The number of nitrogens with one attached hydrogen (secondary N) is 2. The van der Waals surface area contributed by atoms with Crippen molar-refractivity contribution in [1.82, 2.24) is 4.90 Å². The van der Waals surface area contributed by atoms with E-state index >= 15 is 0 Å². The van der Waals surface area contributed by atoms with E-state index in [-0.39, 0.29) is 18.0 Å². The van der Waals surface area contributed by atoms with E-state index in [4.69, 9.17) is 0 Å². The summed E-state index contributed by atoms with van der Waals surface area (Å²) in [7, 11) is 3.51. The Kier molecular flexibility index (Phi) is 6.05. The summed E-state index contributed by atoms with van der Waals surface area (Å²) >= 11 is 0. The van der Waals surface area contributed by atoms with Gasteiger partial charge in [0.25, 0.3) is 5.91 Å². The Morgan fingerprint density at radius 3 is 2.31 bits per heavy atom. The molecule has 0 heterocycles. The zero-order chi connectivity index (χ0) is 19.4. The summed E-state index contributed by atoms with van der Waals surface area (Å²) in [5, 5.41) is 5.24. The smallest absolute Gasteiger partial charge is 0.258 e. The number of halogens is 2. The fourth-order valence-corrected chi connectivity index (χ4v) is 2.36. The van der Waals surface area contributed by atoms with Gasteiger partial charge in [0.2, 0.25) is 5.91 Å². The minimum atomic E-state index is -1.20. The number of anilines is 2. The van der Waals surface area contributed by atoms with Crippen LogP contribution in [0, 0.1) is 25.5 Å². The van der Waals surface area contributed by atoms with Crippen LogP contribution >= 0.6 is 0 Å². The van der Waals surface area contributed by atoms with Crippen molar-refractivity contribution in [2.24, 2.45) is 0 Å². The maximum atomic E-state index is 14.0. The Hall–Kier alpha value is -2.80. The van der Waals surface area contributed by atoms with E-state index in [1.54, 1.807) is 37.2 Å². The fraction of sp³-hybridized carbons (Fsp3) is 0.263. The highest BCUT2D eigenvalue weighted by molar-refractivity contribution is 6.07. The number of carbonyl (C=O) groups is 2. The van der Waals surface area contributed by atoms with Gasteiger partial charge in [-0.15, -0.1) is 0 Å². The van der Waals surface area contributed by atoms with Gasteiger partial charge in [-0.3, -0.25) is 9.59 Å². The molecule has 0 aliphatic heterocycles. The predicted octanol–water partition coefficient (Wildman–Crippen LogP) is 3.33. The van der Waals surface area contributed by atoms with Crippen LogP contribution < -0.4 is 10.6 Å². The van der Waals surface area contributed by atoms with Crippen LogP contribution in [0.3, 0.4) is 0 Å². The lowest BCUT2D eigenvalue weighted by Gasteiger charge is -2.15. The van der Waals surface area contributed by atoms with Crippen molar-refractivity contribution in [1.29, 1.82) is 0 Å². The van der Waals surface area contributed by atoms with Crippen LogP contribution in [0.15, 0.2) is 30.3 Å². The third-order valence-electron chi connectivity index (χ3n) is 3.68. The highest BCUT2D eigenvalue weighted by Crippen LogP contribution is 2.25. The maximum absolute atomic E-state index is 14.0. The molecule has 26 heavy (non-hydrogen) atoms. The summed E-state index contributed by atoms with van der Waals surface area (Å²) in [6.45, 7) is 3.39. The Morgan fingerprint density at radius 1 is 0.962 bits per heavy atom. The van der Waals surface area contributed by atoms with Crippen LogP contribution in [0.2, 0.25) is 0 Å². The molecule has 0 aromatic heterocycles. The van der Waals surface area contributed by atoms with E-state index in [1.165, 1.54) is 19.1 Å². The SMILES string of the molecule is Cc1ccc(NC(=O)CN(C)C)c(NC(=O)c2ccc(C)c(F)c2F)c1. The van der Waals surface area contributed by atoms with Crippen molar-refractivity contribution in [3.63, 3.8) is 0 Å². The van der Waals surface area contributed by atoms with Gasteiger partial charge < -0.3 is 15.5 Å². The quantitative estimate of drug-likeness (QED) is 0.859. The van der Waals surface area contributed by atoms with Gasteiger partial charge in [0.15, 0.2) is 11.6 Å². The zero-order valence-corrected chi connectivity index (χ0v) is 15.1. The second kappa shape index (κ2) is 8.05. The lowest BCUT2D eigenvalue weighted by atomic mass is 10.1. The molecule has 0 fully saturated rings. The van der Waals surface area contributed by atoms with E-state index in [0.717, 1.165) is 5.56 Å². The standard InChI is InChI=1S/C19H21F2N3O2/c1-11-5-8-14(22-16(25)10-24(3)4)15(9-11)23-19(26)13-7-6-12(2)17(20)18(13)21/h5-9H,10H2,1-4H3,(H,22,25)(H,23,26). The second-order valence-electron chi connectivity index (χ2n) is 6.35. The van der Waals surface area contributed by atoms with Crippen LogP contribution in [0.1, 0.15) is 21.5 Å². The highest BCUT2D eigenvalue weighted by atomic mass is 19.2. The molecule has 0 bridgehead atoms. The first-order chi connectivity index (χ1) is 12.2. The molecule has 0 spiro atoms. The summed E-state index contributed by atoms with van der Waals surface area (Å²) in [6.07, 6.45) is 0. The normalized spacial score (nSPS) is 10.7. The molecular weight excluding hydrogens is 340 g/mol. The van der Waals surface area contributed by atoms with Gasteiger partial charge in [-0.1, -0.05) is 12.1 Å². The zero-order valence-electron chi connectivity index (χ0n) is 15.1. The Bertz CT molecular complexity index is 851. The first-order valence-electron chi connectivity index (χ1n) is 8.00. The van der Waals surface area contributed by atoms with Crippen molar-refractivity contribution in [3.8, 4) is 0 Å². The Morgan fingerprint density at radius 2 is 1.65 bits per heavy atom. The van der Waals surface area contributed by atoms with Crippen molar-refractivity contribution >= 4 is 23.2 Å². The first-order valence-corrected chi connectivity index (χ1v) is 8.00. The molecule has 2 rings (SSSR count). The van der Waals surface area contributed by atoms with Gasteiger partial charge in [-0.2, -0.15) is 0 Å². The molecule has 0 radical (unpaired) electrons. The van der Waals surface area contributed by atoms with Gasteiger partial charge >= 0.3 is 0 Å². The Labute approximate surface area is 151 Å². The second-order valence-corrected chi connectivity index (χ2v) is 6.35. The molecule has 2 amide bonds. The number of aryl methyl sites for hydroxylation is 2. The molecule has 2 aromatic rings. The summed E-state index contributed by atoms with van der Waals surface area (Å²) in [5.41, 5.74) is 1.24. The van der Waals surface area contributed by atoms with E-state index in [9.17, 15) is 18.4 Å². The summed E-state index contributed by atoms with van der Waals surface area (Å²) in [5.74, 6) is -3.31. The molecule has 0 saturated heterocycles. The van der Waals surface area contributed by atoms with Gasteiger partial charge in [-0.25, -0.2) is 8.78 Å². The van der Waals surface area contributed by atoms with Crippen molar-refractivity contribution in [2.75, 3.05) is 31.3 Å². The van der Waals surface area contributed by atoms with Crippen molar-refractivity contribution in [2.45, 2.75) is 13.8 Å². The van der Waals surface area contributed by atoms with Crippen LogP contribution in [-0.4, -0.2) is 37.4 Å². The van der Waals surface area contributed by atoms with Crippen LogP contribution in [0.4, 0.5) is 20.2 Å². The topological polar surface area (TPSA) is 61.4 Å². The number of hydrogen-bond acceptors (Lipinski definition) is 3. The number of benzene rings is 2. The third kappa shape index (κ3) is 4.64. The molecule has 0 atom stereocenters. The van der Waals surface area contributed by atoms with Crippen LogP contribution in [-0.2, 0) is 4.79 Å². The van der Waals surface area contributed by atoms with Crippen LogP contribution in [0.25, 0.3) is 0 Å². The number of hydrogen-bond donors (Lipinski definition) is 2. The predicted molar refractivity (Wildman–Crippen MR) is 97.4 cm³/mol. The summed E-state index contributed by atoms with van der Waals surface area (Å²) in [4.78, 5) is 26.1. The minimum Gasteiger partial charge on any atom is -0.323 e. The molecule has 0 unspecified atom stereocenters. The summed E-state index contributed by atoms with van der Waals surface area (Å²) < 4.78 is 27.7. The molecule has 0 aliphatic rings. The molecule has 7 heteroatoms. The lowest BCUT2D eigenvalue weighted by Crippen LogP contribution is -2.27. The van der Waals surface area contributed by atoms with Gasteiger partial charge in [-0.05, 0) is 57.3 Å². The third-order valence-corrected chi connectivity index (χ3v) is 3.68. The largest absolute Gasteiger partial charge is 0.323 e. The molecule has 5 nitrogen and oxygen atoms in total. The molecule has 138 valence electrons. The number of carbonyl (C=O) groups excluding carboxylic acids is 2. The lowest BCUT2D eigenvalue weighted by molar-refractivity contribution is -0.116. The Balaban J connectivity index is 2.28. The number of nitrogens with zero attached hydrogens (tertiary/aromatic N) is 1. The molecule has 2 aromatic carbocycles. The average Bonchev–Trinajstić information content (AvgIpc) is 2.54. The molecule has 2 N–H and O–H groups in total. The van der Waals surface area contributed by atoms with Crippen molar-refractivity contribution in [3.05, 3.63) is 58.7 Å². The minimum absolute atomic E-state index is 0.117. The van der Waals surface area contributed by atoms with Gasteiger partial charge in [0, 0.05) is 0 Å². The van der Waals surface area contributed by atoms with E-state index in [0.29, 0.717) is 11.4 Å². The molecular formula is C19H21F2N3O2. The van der Waals surface area contributed by atoms with Gasteiger partial charge in [0.1, 0.15) is 0 Å². The average molecular weight is 361 g/mol. The highest BCUT2D eigenvalue weighted by Gasteiger charge is 2.18. The maximum Gasteiger partial charge on any atom is 0.258 e. The number of rotatable bonds is 5. The molecule has 0 saturated carbocycles. The first kappa shape index (κ1) is 19.5. The summed E-state index contributed by atoms with van der Waals surface area (Å²) in [6, 6.07) is 7.62. The number of amides is 2. The number of likely N-dealkylation sites (N-methyl/N-ethyl adjacent to an activating group) is 1. The van der Waals surface area contributed by atoms with Crippen LogP contribution in [0.5, 0.6) is 0 Å². The monoisotopic (exact) mass is 361 g/mol. The van der Waals surface area contributed by atoms with E-state index < -0.39 is 23.1 Å². The van der Waals surface area contributed by atoms with E-state index in [2.05, 4.69) is 10.6 Å². The van der Waals surface area contributed by atoms with Crippen molar-refractivity contribution < 1.29 is 18.4 Å². The van der Waals surface area contributed by atoms with E-state index in [1.807, 2.05) is 6.92 Å².